The summed E-state index contributed by atoms with van der Waals surface area (Å²) in [7, 11) is 0. The molecule has 0 saturated heterocycles. The first kappa shape index (κ1) is 19.7. The minimum atomic E-state index is 0.670. The Bertz CT molecular complexity index is 186. The fraction of sp³-hybridized carbons (Fsp3) is 0.895. The lowest BCUT2D eigenvalue weighted by Crippen LogP contribution is -1.83. The Morgan fingerprint density at radius 3 is 1.25 bits per heavy atom. The molecular formula is C19H37F. The molecule has 0 atom stereocenters. The van der Waals surface area contributed by atoms with Crippen LogP contribution in [0.4, 0.5) is 4.39 Å². The monoisotopic (exact) mass is 284 g/mol. The molecule has 0 aliphatic rings. The molecule has 0 heterocycles. The molecule has 20 heavy (non-hydrogen) atoms. The van der Waals surface area contributed by atoms with Crippen LogP contribution in [-0.2, 0) is 0 Å². The van der Waals surface area contributed by atoms with Crippen LogP contribution >= 0.6 is 0 Å². The predicted octanol–water partition coefficient (Wildman–Crippen LogP) is 7.73. The lowest BCUT2D eigenvalue weighted by molar-refractivity contribution is 0.532. The third kappa shape index (κ3) is 17.7. The van der Waals surface area contributed by atoms with Crippen molar-refractivity contribution in [1.82, 2.24) is 0 Å². The average Bonchev–Trinajstić information content (AvgIpc) is 2.47. The highest BCUT2D eigenvalue weighted by Crippen LogP contribution is 2.13. The first-order valence-electron chi connectivity index (χ1n) is 9.17. The van der Waals surface area contributed by atoms with Crippen LogP contribution in [-0.4, -0.2) is 0 Å². The minimum Gasteiger partial charge on any atom is -0.216 e. The molecule has 0 radical (unpaired) electrons. The molecule has 0 fully saturated rings. The van der Waals surface area contributed by atoms with Crippen molar-refractivity contribution in [1.29, 1.82) is 0 Å². The molecule has 0 N–H and O–H groups in total. The van der Waals surface area contributed by atoms with E-state index in [0.29, 0.717) is 6.33 Å². The summed E-state index contributed by atoms with van der Waals surface area (Å²) in [5.74, 6) is 0. The molecule has 0 rings (SSSR count). The van der Waals surface area contributed by atoms with Gasteiger partial charge in [0.05, 0.1) is 6.33 Å². The summed E-state index contributed by atoms with van der Waals surface area (Å²) in [4.78, 5) is 0. The number of allylic oxidation sites excluding steroid dienone is 1. The first-order valence-corrected chi connectivity index (χ1v) is 9.17. The van der Waals surface area contributed by atoms with Crippen molar-refractivity contribution in [3.05, 3.63) is 12.4 Å². The number of unbranched alkanes of at least 4 members (excludes halogenated alkanes) is 15. The molecule has 0 aliphatic heterocycles. The number of rotatable bonds is 16. The zero-order valence-corrected chi connectivity index (χ0v) is 13.8. The summed E-state index contributed by atoms with van der Waals surface area (Å²) in [5, 5.41) is 0. The Hall–Kier alpha value is -0.330. The van der Waals surface area contributed by atoms with Crippen LogP contribution in [0.3, 0.4) is 0 Å². The third-order valence-corrected chi connectivity index (χ3v) is 4.06. The highest BCUT2D eigenvalue weighted by atomic mass is 19.1. The molecule has 0 bridgehead atoms. The molecular weight excluding hydrogens is 247 g/mol. The largest absolute Gasteiger partial charge is 0.216 e. The van der Waals surface area contributed by atoms with Crippen LogP contribution in [0.25, 0.3) is 0 Å². The van der Waals surface area contributed by atoms with Crippen LogP contribution < -0.4 is 0 Å². The maximum Gasteiger partial charge on any atom is 0.0827 e. The Kier molecular flexibility index (Phi) is 18.4. The van der Waals surface area contributed by atoms with Crippen LogP contribution in [0.15, 0.2) is 12.4 Å². The van der Waals surface area contributed by atoms with Crippen molar-refractivity contribution in [3.8, 4) is 0 Å². The van der Waals surface area contributed by atoms with Gasteiger partial charge >= 0.3 is 0 Å². The van der Waals surface area contributed by atoms with Gasteiger partial charge in [-0.2, -0.15) is 0 Å². The number of halogens is 1. The first-order chi connectivity index (χ1) is 9.91. The minimum absolute atomic E-state index is 0.670. The normalized spacial score (nSPS) is 11.5. The third-order valence-electron chi connectivity index (χ3n) is 4.06. The fourth-order valence-corrected chi connectivity index (χ4v) is 2.70. The summed E-state index contributed by atoms with van der Waals surface area (Å²) in [6, 6.07) is 0. The summed E-state index contributed by atoms with van der Waals surface area (Å²) in [6.45, 7) is 2.28. The Balaban J connectivity index is 2.92. The van der Waals surface area contributed by atoms with E-state index in [-0.39, 0.29) is 0 Å². The topological polar surface area (TPSA) is 0 Å². The van der Waals surface area contributed by atoms with Gasteiger partial charge in [-0.15, -0.1) is 0 Å². The SMILES string of the molecule is CCCCCCCCCCCCCCCCC/C=C/F. The van der Waals surface area contributed by atoms with Gasteiger partial charge in [-0.3, -0.25) is 0 Å². The summed E-state index contributed by atoms with van der Waals surface area (Å²) in [5.41, 5.74) is 0. The van der Waals surface area contributed by atoms with Crippen LogP contribution in [0, 0.1) is 0 Å². The van der Waals surface area contributed by atoms with E-state index in [2.05, 4.69) is 6.92 Å². The fourth-order valence-electron chi connectivity index (χ4n) is 2.70. The molecule has 0 amide bonds. The van der Waals surface area contributed by atoms with Crippen LogP contribution in [0.1, 0.15) is 110 Å². The summed E-state index contributed by atoms with van der Waals surface area (Å²) < 4.78 is 11.7. The molecule has 0 aromatic heterocycles. The van der Waals surface area contributed by atoms with Gasteiger partial charge in [0, 0.05) is 0 Å². The lowest BCUT2D eigenvalue weighted by Gasteiger charge is -2.03. The maximum absolute atomic E-state index is 11.7. The molecule has 0 aromatic carbocycles. The second kappa shape index (κ2) is 18.7. The smallest absolute Gasteiger partial charge is 0.0827 e. The van der Waals surface area contributed by atoms with E-state index in [1.807, 2.05) is 0 Å². The quantitative estimate of drug-likeness (QED) is 0.254. The number of hydrogen-bond donors (Lipinski definition) is 0. The van der Waals surface area contributed by atoms with E-state index in [1.165, 1.54) is 89.9 Å². The molecule has 120 valence electrons. The van der Waals surface area contributed by atoms with Crippen molar-refractivity contribution in [2.75, 3.05) is 0 Å². The predicted molar refractivity (Wildman–Crippen MR) is 89.8 cm³/mol. The van der Waals surface area contributed by atoms with Crippen molar-refractivity contribution in [2.24, 2.45) is 0 Å². The van der Waals surface area contributed by atoms with Gasteiger partial charge in [0.15, 0.2) is 0 Å². The van der Waals surface area contributed by atoms with Crippen molar-refractivity contribution >= 4 is 0 Å². The lowest BCUT2D eigenvalue weighted by atomic mass is 10.0. The highest BCUT2D eigenvalue weighted by Gasteiger charge is 1.93. The molecule has 1 heteroatoms. The Morgan fingerprint density at radius 1 is 0.550 bits per heavy atom. The van der Waals surface area contributed by atoms with Gasteiger partial charge < -0.3 is 0 Å². The molecule has 0 unspecified atom stereocenters. The second-order valence-corrected chi connectivity index (χ2v) is 6.10. The summed E-state index contributed by atoms with van der Waals surface area (Å²) >= 11 is 0. The van der Waals surface area contributed by atoms with Crippen LogP contribution in [0.5, 0.6) is 0 Å². The Labute approximate surface area is 127 Å². The van der Waals surface area contributed by atoms with Crippen LogP contribution in [0.2, 0.25) is 0 Å². The molecule has 0 spiro atoms. The zero-order valence-electron chi connectivity index (χ0n) is 13.8. The zero-order chi connectivity index (χ0) is 14.7. The van der Waals surface area contributed by atoms with E-state index >= 15 is 0 Å². The molecule has 0 aliphatic carbocycles. The van der Waals surface area contributed by atoms with E-state index < -0.39 is 0 Å². The van der Waals surface area contributed by atoms with Gasteiger partial charge in [-0.25, -0.2) is 4.39 Å². The highest BCUT2D eigenvalue weighted by molar-refractivity contribution is 4.71. The van der Waals surface area contributed by atoms with E-state index in [1.54, 1.807) is 6.08 Å². The molecule has 0 nitrogen and oxygen atoms in total. The van der Waals surface area contributed by atoms with Gasteiger partial charge in [-0.05, 0) is 12.8 Å². The number of hydrogen-bond acceptors (Lipinski definition) is 0. The van der Waals surface area contributed by atoms with Gasteiger partial charge in [0.25, 0.3) is 0 Å². The second-order valence-electron chi connectivity index (χ2n) is 6.10. The molecule has 0 aromatic rings. The Morgan fingerprint density at radius 2 is 0.900 bits per heavy atom. The van der Waals surface area contributed by atoms with Gasteiger partial charge in [0.1, 0.15) is 0 Å². The van der Waals surface area contributed by atoms with E-state index in [9.17, 15) is 4.39 Å². The maximum atomic E-state index is 11.7. The summed E-state index contributed by atoms with van der Waals surface area (Å²) in [6.07, 6.45) is 24.0. The van der Waals surface area contributed by atoms with Gasteiger partial charge in [0.2, 0.25) is 0 Å². The van der Waals surface area contributed by atoms with Crippen molar-refractivity contribution in [2.45, 2.75) is 110 Å². The van der Waals surface area contributed by atoms with Crippen molar-refractivity contribution in [3.63, 3.8) is 0 Å². The van der Waals surface area contributed by atoms with Crippen molar-refractivity contribution < 1.29 is 4.39 Å². The standard InChI is InChI=1S/C19H37F/c1-2-3-4-5-6-7-8-9-10-11-12-13-14-15-16-17-18-19-20/h18-19H,2-17H2,1H3/b19-18+. The van der Waals surface area contributed by atoms with Gasteiger partial charge in [-0.1, -0.05) is 103 Å². The average molecular weight is 285 g/mol. The van der Waals surface area contributed by atoms with E-state index in [0.717, 1.165) is 12.8 Å². The molecule has 0 saturated carbocycles. The van der Waals surface area contributed by atoms with E-state index in [4.69, 9.17) is 0 Å².